The number of hydroxylamine groups is 1. The van der Waals surface area contributed by atoms with E-state index >= 15 is 0 Å². The van der Waals surface area contributed by atoms with Gasteiger partial charge in [0.05, 0.1) is 11.4 Å². The van der Waals surface area contributed by atoms with Gasteiger partial charge in [-0.05, 0) is 36.4 Å². The molecule has 6 nitrogen and oxygen atoms in total. The summed E-state index contributed by atoms with van der Waals surface area (Å²) in [6.07, 6.45) is 6.46. The predicted molar refractivity (Wildman–Crippen MR) is 101 cm³/mol. The molecule has 0 radical (unpaired) electrons. The van der Waals surface area contributed by atoms with Crippen LogP contribution in [0.15, 0.2) is 94.3 Å². The molecule has 0 fully saturated rings. The van der Waals surface area contributed by atoms with E-state index in [4.69, 9.17) is 10.6 Å². The van der Waals surface area contributed by atoms with Gasteiger partial charge in [0.1, 0.15) is 5.82 Å². The summed E-state index contributed by atoms with van der Waals surface area (Å²) in [5.74, 6) is 0.250. The Balaban J connectivity index is 1.61. The molecule has 4 rings (SSSR count). The summed E-state index contributed by atoms with van der Waals surface area (Å²) in [6.45, 7) is 0. The van der Waals surface area contributed by atoms with Gasteiger partial charge in [-0.25, -0.2) is 15.2 Å². The minimum absolute atomic E-state index is 0.250. The average Bonchev–Trinajstić information content (AvgIpc) is 2.70. The van der Waals surface area contributed by atoms with Crippen molar-refractivity contribution in [3.05, 3.63) is 84.5 Å². The fourth-order valence-corrected chi connectivity index (χ4v) is 3.73. The molecule has 2 aromatic rings. The van der Waals surface area contributed by atoms with Crippen molar-refractivity contribution >= 4 is 29.2 Å². The molecule has 0 aromatic heterocycles. The first-order chi connectivity index (χ1) is 12.7. The van der Waals surface area contributed by atoms with Crippen LogP contribution in [0.1, 0.15) is 0 Å². The van der Waals surface area contributed by atoms with Crippen molar-refractivity contribution in [2.75, 3.05) is 4.90 Å². The maximum atomic E-state index is 12.8. The van der Waals surface area contributed by atoms with Crippen LogP contribution in [-0.4, -0.2) is 6.09 Å². The molecule has 0 saturated heterocycles. The number of allylic oxidation sites excluding steroid dienone is 3. The Bertz CT molecular complexity index is 893. The normalized spacial score (nSPS) is 14.2. The molecule has 1 amide bonds. The molecule has 2 heterocycles. The second-order valence-electron chi connectivity index (χ2n) is 5.55. The Labute approximate surface area is 155 Å². The van der Waals surface area contributed by atoms with Crippen molar-refractivity contribution < 1.29 is 9.63 Å². The van der Waals surface area contributed by atoms with Crippen molar-refractivity contribution in [2.24, 2.45) is 5.73 Å². The van der Waals surface area contributed by atoms with Gasteiger partial charge in [0.2, 0.25) is 0 Å². The molecule has 4 N–H and O–H groups in total. The Morgan fingerprint density at radius 1 is 1.00 bits per heavy atom. The van der Waals surface area contributed by atoms with E-state index in [0.29, 0.717) is 5.57 Å². The molecular weight excluding hydrogens is 348 g/mol. The molecular formula is C19H16N4O2S. The third kappa shape index (κ3) is 3.00. The molecule has 0 spiro atoms. The highest BCUT2D eigenvalue weighted by Gasteiger charge is 2.29. The van der Waals surface area contributed by atoms with Crippen LogP contribution >= 0.6 is 11.8 Å². The molecule has 130 valence electrons. The Morgan fingerprint density at radius 2 is 1.58 bits per heavy atom. The Morgan fingerprint density at radius 3 is 2.19 bits per heavy atom. The predicted octanol–water partition coefficient (Wildman–Crippen LogP) is 3.73. The number of para-hydroxylation sites is 2. The number of nitrogens with two attached hydrogens (primary N) is 1. The van der Waals surface area contributed by atoms with Crippen LogP contribution in [0.4, 0.5) is 16.2 Å². The molecule has 26 heavy (non-hydrogen) atoms. The van der Waals surface area contributed by atoms with Crippen molar-refractivity contribution in [3.63, 3.8) is 0 Å². The molecule has 0 saturated carbocycles. The summed E-state index contributed by atoms with van der Waals surface area (Å²) in [6, 6.07) is 15.4. The third-order valence-corrected chi connectivity index (χ3v) is 5.02. The Kier molecular flexibility index (Phi) is 4.28. The number of amides is 1. The number of benzene rings is 2. The smallest absolute Gasteiger partial charge is 0.383 e. The number of fused-ring (bicyclic) bond motifs is 2. The molecule has 0 unspecified atom stereocenters. The molecule has 0 bridgehead atoms. The van der Waals surface area contributed by atoms with Crippen LogP contribution in [0.5, 0.6) is 0 Å². The first-order valence-electron chi connectivity index (χ1n) is 7.96. The van der Waals surface area contributed by atoms with E-state index in [-0.39, 0.29) is 5.82 Å². The summed E-state index contributed by atoms with van der Waals surface area (Å²) in [5, 5.41) is 2.91. The third-order valence-electron chi connectivity index (χ3n) is 3.89. The van der Waals surface area contributed by atoms with Crippen LogP contribution in [0.3, 0.4) is 0 Å². The lowest BCUT2D eigenvalue weighted by atomic mass is 10.2. The van der Waals surface area contributed by atoms with Crippen LogP contribution in [-0.2, 0) is 4.84 Å². The van der Waals surface area contributed by atoms with Gasteiger partial charge in [-0.1, -0.05) is 36.0 Å². The van der Waals surface area contributed by atoms with Gasteiger partial charge >= 0.3 is 6.09 Å². The summed E-state index contributed by atoms with van der Waals surface area (Å²) in [4.78, 5) is 21.6. The fourth-order valence-electron chi connectivity index (χ4n) is 2.67. The minimum Gasteiger partial charge on any atom is -0.383 e. The van der Waals surface area contributed by atoms with E-state index in [9.17, 15) is 4.79 Å². The number of anilines is 2. The SMILES string of the molecule is NC(NOC(=O)N1c2ccccc2Sc2ccccc21)=C1C=CNC=C1. The van der Waals surface area contributed by atoms with E-state index in [1.165, 1.54) is 0 Å². The van der Waals surface area contributed by atoms with Gasteiger partial charge in [-0.3, -0.25) is 0 Å². The molecule has 2 aliphatic rings. The molecule has 2 aliphatic heterocycles. The summed E-state index contributed by atoms with van der Waals surface area (Å²) in [5.41, 5.74) is 10.8. The lowest BCUT2D eigenvalue weighted by molar-refractivity contribution is 0.114. The van der Waals surface area contributed by atoms with E-state index < -0.39 is 6.09 Å². The fraction of sp³-hybridized carbons (Fsp3) is 0. The van der Waals surface area contributed by atoms with Gasteiger partial charge in [0.15, 0.2) is 0 Å². The first-order valence-corrected chi connectivity index (χ1v) is 8.77. The summed E-state index contributed by atoms with van der Waals surface area (Å²) < 4.78 is 0. The molecule has 0 aliphatic carbocycles. The monoisotopic (exact) mass is 364 g/mol. The molecule has 7 heteroatoms. The highest BCUT2D eigenvalue weighted by molar-refractivity contribution is 7.99. The highest BCUT2D eigenvalue weighted by Crippen LogP contribution is 2.47. The zero-order chi connectivity index (χ0) is 17.9. The summed E-state index contributed by atoms with van der Waals surface area (Å²) in [7, 11) is 0. The van der Waals surface area contributed by atoms with E-state index in [1.54, 1.807) is 41.2 Å². The second-order valence-corrected chi connectivity index (χ2v) is 6.63. The van der Waals surface area contributed by atoms with Crippen LogP contribution in [0.25, 0.3) is 0 Å². The Hall–Kier alpha value is -3.32. The lowest BCUT2D eigenvalue weighted by Crippen LogP contribution is -2.35. The first kappa shape index (κ1) is 16.2. The molecule has 0 atom stereocenters. The zero-order valence-electron chi connectivity index (χ0n) is 13.7. The van der Waals surface area contributed by atoms with Crippen LogP contribution in [0, 0.1) is 0 Å². The number of hydrogen-bond donors (Lipinski definition) is 3. The summed E-state index contributed by atoms with van der Waals surface area (Å²) >= 11 is 1.62. The zero-order valence-corrected chi connectivity index (χ0v) is 14.5. The number of rotatable bonds is 2. The number of dihydropyridines is 1. The number of carbonyl (C=O) groups excluding carboxylic acids is 1. The van der Waals surface area contributed by atoms with Crippen molar-refractivity contribution in [1.82, 2.24) is 10.8 Å². The standard InChI is InChI=1S/C19H16N4O2S/c20-18(13-9-11-21-12-10-13)22-25-19(24)23-14-5-1-3-7-16(14)26-17-8-4-2-6-15(17)23/h1-12,21-22H,20H2. The van der Waals surface area contributed by atoms with Gasteiger partial charge in [-0.15, -0.1) is 0 Å². The van der Waals surface area contributed by atoms with Crippen molar-refractivity contribution in [2.45, 2.75) is 9.79 Å². The van der Waals surface area contributed by atoms with E-state index in [2.05, 4.69) is 10.8 Å². The van der Waals surface area contributed by atoms with E-state index in [0.717, 1.165) is 21.2 Å². The quantitative estimate of drug-likeness (QED) is 0.705. The number of hydrogen-bond acceptors (Lipinski definition) is 6. The maximum Gasteiger partial charge on any atom is 0.443 e. The van der Waals surface area contributed by atoms with Gasteiger partial charge in [0.25, 0.3) is 0 Å². The van der Waals surface area contributed by atoms with Gasteiger partial charge < -0.3 is 15.9 Å². The minimum atomic E-state index is -0.560. The maximum absolute atomic E-state index is 12.8. The van der Waals surface area contributed by atoms with Gasteiger partial charge in [0, 0.05) is 27.8 Å². The number of nitrogens with one attached hydrogen (secondary N) is 2. The lowest BCUT2D eigenvalue weighted by Gasteiger charge is -2.30. The van der Waals surface area contributed by atoms with E-state index in [1.807, 2.05) is 48.5 Å². The van der Waals surface area contributed by atoms with Crippen LogP contribution < -0.4 is 21.4 Å². The second kappa shape index (κ2) is 6.89. The largest absolute Gasteiger partial charge is 0.443 e. The average molecular weight is 364 g/mol. The highest BCUT2D eigenvalue weighted by atomic mass is 32.2. The number of nitrogens with zero attached hydrogens (tertiary/aromatic N) is 1. The van der Waals surface area contributed by atoms with Crippen molar-refractivity contribution in [3.8, 4) is 0 Å². The number of carbonyl (C=O) groups is 1. The van der Waals surface area contributed by atoms with Crippen molar-refractivity contribution in [1.29, 1.82) is 0 Å². The molecule has 2 aromatic carbocycles. The topological polar surface area (TPSA) is 79.6 Å². The van der Waals surface area contributed by atoms with Gasteiger partial charge in [-0.2, -0.15) is 0 Å². The van der Waals surface area contributed by atoms with Crippen LogP contribution in [0.2, 0.25) is 0 Å².